The van der Waals surface area contributed by atoms with Crippen molar-refractivity contribution in [1.29, 1.82) is 0 Å². The molecule has 0 aliphatic rings. The Bertz CT molecular complexity index is 230. The first-order valence-electron chi connectivity index (χ1n) is 7.00. The zero-order chi connectivity index (χ0) is 14.2. The Morgan fingerprint density at radius 1 is 1.28 bits per heavy atom. The number of aliphatic hydroxyl groups excluding tert-OH is 1. The van der Waals surface area contributed by atoms with Crippen LogP contribution in [0.1, 0.15) is 47.0 Å². The molecule has 0 rings (SSSR count). The maximum atomic E-state index is 11.8. The van der Waals surface area contributed by atoms with E-state index in [4.69, 9.17) is 0 Å². The predicted octanol–water partition coefficient (Wildman–Crippen LogP) is 1.54. The van der Waals surface area contributed by atoms with Crippen molar-refractivity contribution < 1.29 is 9.90 Å². The second-order valence-electron chi connectivity index (χ2n) is 5.54. The zero-order valence-electron chi connectivity index (χ0n) is 12.5. The topological polar surface area (TPSA) is 61.4 Å². The van der Waals surface area contributed by atoms with Gasteiger partial charge in [0.2, 0.25) is 5.91 Å². The molecule has 0 aromatic rings. The van der Waals surface area contributed by atoms with Crippen molar-refractivity contribution in [2.24, 2.45) is 11.3 Å². The molecule has 0 saturated carbocycles. The molecule has 0 saturated heterocycles. The normalized spacial score (nSPS) is 13.7. The molecule has 0 radical (unpaired) electrons. The number of likely N-dealkylation sites (N-methyl/N-ethyl adjacent to an activating group) is 1. The monoisotopic (exact) mass is 258 g/mol. The van der Waals surface area contributed by atoms with Crippen LogP contribution in [0.3, 0.4) is 0 Å². The van der Waals surface area contributed by atoms with Gasteiger partial charge in [-0.05, 0) is 25.2 Å². The molecule has 0 aromatic heterocycles. The Morgan fingerprint density at radius 2 is 1.83 bits per heavy atom. The fraction of sp³-hybridized carbons (Fsp3) is 0.929. The summed E-state index contributed by atoms with van der Waals surface area (Å²) >= 11 is 0. The molecule has 0 aromatic carbocycles. The second kappa shape index (κ2) is 8.48. The van der Waals surface area contributed by atoms with E-state index in [9.17, 15) is 9.90 Å². The number of carbonyl (C=O) groups excluding carboxylic acids is 1. The number of aliphatic hydroxyl groups is 1. The largest absolute Gasteiger partial charge is 0.396 e. The van der Waals surface area contributed by atoms with E-state index in [1.165, 1.54) is 0 Å². The molecule has 18 heavy (non-hydrogen) atoms. The van der Waals surface area contributed by atoms with Crippen LogP contribution in [0.2, 0.25) is 0 Å². The molecule has 0 aliphatic carbocycles. The van der Waals surface area contributed by atoms with Gasteiger partial charge in [-0.1, -0.05) is 27.7 Å². The van der Waals surface area contributed by atoms with Crippen LogP contribution in [-0.4, -0.2) is 37.3 Å². The lowest BCUT2D eigenvalue weighted by Crippen LogP contribution is -2.48. The highest BCUT2D eigenvalue weighted by Crippen LogP contribution is 2.24. The average Bonchev–Trinajstić information content (AvgIpc) is 2.38. The van der Waals surface area contributed by atoms with Crippen LogP contribution >= 0.6 is 0 Å². The summed E-state index contributed by atoms with van der Waals surface area (Å²) in [6, 6.07) is -0.168. The third-order valence-corrected chi connectivity index (χ3v) is 3.83. The van der Waals surface area contributed by atoms with Gasteiger partial charge in [-0.15, -0.1) is 0 Å². The lowest BCUT2D eigenvalue weighted by atomic mass is 9.83. The molecule has 1 atom stereocenters. The van der Waals surface area contributed by atoms with Gasteiger partial charge in [-0.25, -0.2) is 0 Å². The van der Waals surface area contributed by atoms with Crippen LogP contribution in [0.5, 0.6) is 0 Å². The van der Waals surface area contributed by atoms with E-state index < -0.39 is 0 Å². The SMILES string of the molecule is CCC(CC)(CO)CNC(CC(C)C)C(=O)NC. The van der Waals surface area contributed by atoms with Gasteiger partial charge in [0, 0.05) is 25.6 Å². The van der Waals surface area contributed by atoms with Gasteiger partial charge in [0.1, 0.15) is 0 Å². The maximum Gasteiger partial charge on any atom is 0.236 e. The number of nitrogens with one attached hydrogen (secondary N) is 2. The van der Waals surface area contributed by atoms with E-state index in [2.05, 4.69) is 38.3 Å². The van der Waals surface area contributed by atoms with Gasteiger partial charge in [0.15, 0.2) is 0 Å². The minimum atomic E-state index is -0.168. The summed E-state index contributed by atoms with van der Waals surface area (Å²) in [4.78, 5) is 11.8. The van der Waals surface area contributed by atoms with Gasteiger partial charge in [-0.3, -0.25) is 4.79 Å². The molecule has 0 bridgehead atoms. The second-order valence-corrected chi connectivity index (χ2v) is 5.54. The molecule has 4 nitrogen and oxygen atoms in total. The summed E-state index contributed by atoms with van der Waals surface area (Å²) in [5.41, 5.74) is -0.108. The molecule has 1 amide bonds. The third-order valence-electron chi connectivity index (χ3n) is 3.83. The number of hydrogen-bond donors (Lipinski definition) is 3. The molecule has 3 N–H and O–H groups in total. The van der Waals surface area contributed by atoms with E-state index in [0.717, 1.165) is 19.3 Å². The van der Waals surface area contributed by atoms with Crippen molar-refractivity contribution >= 4 is 5.91 Å². The van der Waals surface area contributed by atoms with E-state index in [1.807, 2.05) is 0 Å². The lowest BCUT2D eigenvalue weighted by Gasteiger charge is -2.32. The molecule has 0 fully saturated rings. The highest BCUT2D eigenvalue weighted by atomic mass is 16.3. The van der Waals surface area contributed by atoms with E-state index >= 15 is 0 Å². The van der Waals surface area contributed by atoms with Crippen molar-refractivity contribution in [2.45, 2.75) is 53.0 Å². The number of rotatable bonds is 9. The van der Waals surface area contributed by atoms with Crippen molar-refractivity contribution in [3.8, 4) is 0 Å². The Balaban J connectivity index is 4.53. The Morgan fingerprint density at radius 3 is 2.17 bits per heavy atom. The van der Waals surface area contributed by atoms with Crippen molar-refractivity contribution in [1.82, 2.24) is 10.6 Å². The summed E-state index contributed by atoms with van der Waals surface area (Å²) in [7, 11) is 1.66. The summed E-state index contributed by atoms with van der Waals surface area (Å²) in [6.07, 6.45) is 2.64. The molecule has 4 heteroatoms. The minimum absolute atomic E-state index is 0.0303. The summed E-state index contributed by atoms with van der Waals surface area (Å²) in [6.45, 7) is 9.22. The lowest BCUT2D eigenvalue weighted by molar-refractivity contribution is -0.123. The van der Waals surface area contributed by atoms with Crippen LogP contribution in [0, 0.1) is 11.3 Å². The first kappa shape index (κ1) is 17.4. The number of amides is 1. The highest BCUT2D eigenvalue weighted by Gasteiger charge is 2.28. The van der Waals surface area contributed by atoms with Crippen molar-refractivity contribution in [3.63, 3.8) is 0 Å². The Kier molecular flexibility index (Phi) is 8.20. The van der Waals surface area contributed by atoms with Crippen LogP contribution in [0.25, 0.3) is 0 Å². The molecule has 1 unspecified atom stereocenters. The summed E-state index contributed by atoms with van der Waals surface area (Å²) in [5.74, 6) is 0.495. The maximum absolute atomic E-state index is 11.8. The van der Waals surface area contributed by atoms with E-state index in [0.29, 0.717) is 12.5 Å². The molecular formula is C14H30N2O2. The van der Waals surface area contributed by atoms with E-state index in [-0.39, 0.29) is 24.0 Å². The Labute approximate surface area is 112 Å². The van der Waals surface area contributed by atoms with Gasteiger partial charge in [-0.2, -0.15) is 0 Å². The standard InChI is InChI=1S/C14H30N2O2/c1-6-14(7-2,10-17)9-16-12(8-11(3)4)13(18)15-5/h11-12,16-17H,6-10H2,1-5H3,(H,15,18). The third kappa shape index (κ3) is 5.36. The highest BCUT2D eigenvalue weighted by molar-refractivity contribution is 5.81. The van der Waals surface area contributed by atoms with Crippen LogP contribution < -0.4 is 10.6 Å². The number of carbonyl (C=O) groups is 1. The van der Waals surface area contributed by atoms with Gasteiger partial charge < -0.3 is 15.7 Å². The first-order chi connectivity index (χ1) is 8.44. The van der Waals surface area contributed by atoms with Crippen LogP contribution in [0.4, 0.5) is 0 Å². The average molecular weight is 258 g/mol. The fourth-order valence-corrected chi connectivity index (χ4v) is 2.05. The van der Waals surface area contributed by atoms with Gasteiger partial charge in [0.05, 0.1) is 6.04 Å². The first-order valence-corrected chi connectivity index (χ1v) is 7.00. The summed E-state index contributed by atoms with van der Waals surface area (Å²) in [5, 5.41) is 15.5. The molecular weight excluding hydrogens is 228 g/mol. The van der Waals surface area contributed by atoms with E-state index in [1.54, 1.807) is 7.05 Å². The van der Waals surface area contributed by atoms with Gasteiger partial charge in [0.25, 0.3) is 0 Å². The van der Waals surface area contributed by atoms with Crippen LogP contribution in [0.15, 0.2) is 0 Å². The molecule has 0 heterocycles. The predicted molar refractivity (Wildman–Crippen MR) is 75.4 cm³/mol. The molecule has 0 aliphatic heterocycles. The zero-order valence-corrected chi connectivity index (χ0v) is 12.5. The molecule has 0 spiro atoms. The van der Waals surface area contributed by atoms with Crippen LogP contribution in [-0.2, 0) is 4.79 Å². The Hall–Kier alpha value is -0.610. The summed E-state index contributed by atoms with van der Waals surface area (Å²) < 4.78 is 0. The van der Waals surface area contributed by atoms with Crippen molar-refractivity contribution in [3.05, 3.63) is 0 Å². The fourth-order valence-electron chi connectivity index (χ4n) is 2.05. The van der Waals surface area contributed by atoms with Gasteiger partial charge >= 0.3 is 0 Å². The number of hydrogen-bond acceptors (Lipinski definition) is 3. The smallest absolute Gasteiger partial charge is 0.236 e. The quantitative estimate of drug-likeness (QED) is 0.588. The van der Waals surface area contributed by atoms with Crippen molar-refractivity contribution in [2.75, 3.05) is 20.2 Å². The minimum Gasteiger partial charge on any atom is -0.396 e. The molecule has 108 valence electrons.